The van der Waals surface area contributed by atoms with Crippen molar-refractivity contribution in [2.75, 3.05) is 5.32 Å². The van der Waals surface area contributed by atoms with Crippen LogP contribution in [0.5, 0.6) is 0 Å². The van der Waals surface area contributed by atoms with Gasteiger partial charge in [-0.1, -0.05) is 34.8 Å². The Kier molecular flexibility index (Phi) is 5.62. The molecule has 0 radical (unpaired) electrons. The second-order valence-electron chi connectivity index (χ2n) is 7.59. The molecule has 1 aliphatic carbocycles. The number of alkyl halides is 3. The van der Waals surface area contributed by atoms with Crippen LogP contribution in [-0.2, 0) is 19.0 Å². The Balaban J connectivity index is 1.50. The molecule has 0 bridgehead atoms. The van der Waals surface area contributed by atoms with Crippen LogP contribution in [0.3, 0.4) is 0 Å². The van der Waals surface area contributed by atoms with E-state index in [1.165, 1.54) is 47.3 Å². The highest BCUT2D eigenvalue weighted by Gasteiger charge is 2.41. The van der Waals surface area contributed by atoms with Crippen LogP contribution in [-0.4, -0.2) is 15.7 Å². The predicted molar refractivity (Wildman–Crippen MR) is 123 cm³/mol. The van der Waals surface area contributed by atoms with Crippen molar-refractivity contribution >= 4 is 46.4 Å². The van der Waals surface area contributed by atoms with E-state index in [1.54, 1.807) is 6.07 Å². The van der Waals surface area contributed by atoms with Crippen LogP contribution in [0.1, 0.15) is 27.4 Å². The minimum Gasteiger partial charge on any atom is -0.469 e. The van der Waals surface area contributed by atoms with Crippen LogP contribution in [0.25, 0.3) is 16.9 Å². The highest BCUT2D eigenvalue weighted by molar-refractivity contribution is 6.44. The minimum absolute atomic E-state index is 0.123. The van der Waals surface area contributed by atoms with Gasteiger partial charge in [-0.25, -0.2) is 4.68 Å². The third kappa shape index (κ3) is 3.96. The van der Waals surface area contributed by atoms with Crippen LogP contribution in [0, 0.1) is 0 Å². The maximum absolute atomic E-state index is 13.7. The van der Waals surface area contributed by atoms with E-state index in [2.05, 4.69) is 10.4 Å². The van der Waals surface area contributed by atoms with E-state index < -0.39 is 17.8 Å². The molecule has 174 valence electrons. The monoisotopic (exact) mass is 525 g/mol. The topological polar surface area (TPSA) is 60.1 Å². The smallest absolute Gasteiger partial charge is 0.435 e. The number of aromatic nitrogens is 2. The molecule has 2 aromatic heterocycles. The average molecular weight is 527 g/mol. The number of carbonyl (C=O) groups is 1. The van der Waals surface area contributed by atoms with Gasteiger partial charge in [0.2, 0.25) is 0 Å². The number of furan rings is 1. The van der Waals surface area contributed by atoms with Crippen molar-refractivity contribution in [2.24, 2.45) is 0 Å². The zero-order chi connectivity index (χ0) is 24.2. The summed E-state index contributed by atoms with van der Waals surface area (Å²) in [6, 6.07) is 10.5. The van der Waals surface area contributed by atoms with Crippen molar-refractivity contribution in [2.45, 2.75) is 19.0 Å². The fourth-order valence-electron chi connectivity index (χ4n) is 3.93. The molecule has 5 nitrogen and oxygen atoms in total. The summed E-state index contributed by atoms with van der Waals surface area (Å²) < 4.78 is 47.7. The van der Waals surface area contributed by atoms with E-state index in [0.29, 0.717) is 29.1 Å². The molecule has 0 aliphatic heterocycles. The molecule has 0 fully saturated rings. The zero-order valence-corrected chi connectivity index (χ0v) is 19.3. The summed E-state index contributed by atoms with van der Waals surface area (Å²) in [5.74, 6) is 0.124. The van der Waals surface area contributed by atoms with Gasteiger partial charge in [-0.3, -0.25) is 4.79 Å². The molecule has 1 N–H and O–H groups in total. The molecule has 0 atom stereocenters. The van der Waals surface area contributed by atoms with Gasteiger partial charge < -0.3 is 9.73 Å². The molecule has 5 rings (SSSR count). The molecule has 1 aliphatic rings. The number of nitrogens with zero attached hydrogens (tertiary/aromatic N) is 2. The van der Waals surface area contributed by atoms with E-state index >= 15 is 0 Å². The van der Waals surface area contributed by atoms with Crippen molar-refractivity contribution < 1.29 is 22.4 Å². The summed E-state index contributed by atoms with van der Waals surface area (Å²) >= 11 is 18.0. The van der Waals surface area contributed by atoms with E-state index in [-0.39, 0.29) is 38.3 Å². The summed E-state index contributed by atoms with van der Waals surface area (Å²) in [6.07, 6.45) is -2.63. The Morgan fingerprint density at radius 3 is 2.41 bits per heavy atom. The maximum Gasteiger partial charge on any atom is 0.435 e. The zero-order valence-electron chi connectivity index (χ0n) is 17.0. The highest BCUT2D eigenvalue weighted by Crippen LogP contribution is 2.42. The highest BCUT2D eigenvalue weighted by atomic mass is 35.5. The van der Waals surface area contributed by atoms with Gasteiger partial charge >= 0.3 is 6.18 Å². The Morgan fingerprint density at radius 2 is 1.71 bits per heavy atom. The van der Waals surface area contributed by atoms with E-state index in [9.17, 15) is 18.0 Å². The molecule has 0 spiro atoms. The van der Waals surface area contributed by atoms with Gasteiger partial charge in [0.05, 0.1) is 38.4 Å². The van der Waals surface area contributed by atoms with E-state index in [1.807, 2.05) is 0 Å². The number of hydrogen-bond acceptors (Lipinski definition) is 3. The third-order valence-electron chi connectivity index (χ3n) is 5.49. The number of carbonyl (C=O) groups excluding carboxylic acids is 1. The molecule has 0 saturated carbocycles. The molecule has 1 amide bonds. The average Bonchev–Trinajstić information content (AvgIpc) is 3.41. The number of amides is 1. The molecule has 2 aromatic carbocycles. The minimum atomic E-state index is -4.60. The molecule has 0 unspecified atom stereocenters. The van der Waals surface area contributed by atoms with Crippen molar-refractivity contribution in [3.8, 4) is 16.9 Å². The lowest BCUT2D eigenvalue weighted by Crippen LogP contribution is -2.12. The maximum atomic E-state index is 13.7. The second-order valence-corrected chi connectivity index (χ2v) is 8.81. The summed E-state index contributed by atoms with van der Waals surface area (Å²) in [4.78, 5) is 12.7. The summed E-state index contributed by atoms with van der Waals surface area (Å²) in [7, 11) is 0. The Labute approximate surface area is 206 Å². The summed E-state index contributed by atoms with van der Waals surface area (Å²) in [5.41, 5.74) is 0.996. The second kappa shape index (κ2) is 8.37. The lowest BCUT2D eigenvalue weighted by atomic mass is 9.94. The van der Waals surface area contributed by atoms with E-state index in [4.69, 9.17) is 39.2 Å². The predicted octanol–water partition coefficient (Wildman–Crippen LogP) is 7.46. The Morgan fingerprint density at radius 1 is 1.00 bits per heavy atom. The molecule has 4 aromatic rings. The van der Waals surface area contributed by atoms with Crippen molar-refractivity contribution in [1.82, 2.24) is 9.78 Å². The van der Waals surface area contributed by atoms with Crippen LogP contribution in [0.2, 0.25) is 15.1 Å². The first-order valence-electron chi connectivity index (χ1n) is 9.95. The molecule has 11 heteroatoms. The number of hydrogen-bond donors (Lipinski definition) is 1. The number of halogens is 6. The molecular weight excluding hydrogens is 514 g/mol. The SMILES string of the molecule is O=C(Nc1cc(Cl)c(Cl)cc1Cl)c1ccc(-n2nc(C(F)(F)F)c3c2-c2ccoc2CC3)cc1. The number of rotatable bonds is 3. The largest absolute Gasteiger partial charge is 0.469 e. The normalized spacial score (nSPS) is 12.9. The first kappa shape index (κ1) is 22.8. The Hall–Kier alpha value is -2.94. The van der Waals surface area contributed by atoms with Gasteiger partial charge in [0.25, 0.3) is 5.91 Å². The number of anilines is 1. The van der Waals surface area contributed by atoms with Gasteiger partial charge in [-0.2, -0.15) is 18.3 Å². The van der Waals surface area contributed by atoms with Gasteiger partial charge in [0, 0.05) is 23.1 Å². The van der Waals surface area contributed by atoms with Crippen LogP contribution in [0.15, 0.2) is 53.1 Å². The fourth-order valence-corrected chi connectivity index (χ4v) is 4.52. The summed E-state index contributed by atoms with van der Waals surface area (Å²) in [5, 5.41) is 7.20. The first-order valence-corrected chi connectivity index (χ1v) is 11.1. The number of fused-ring (bicyclic) bond motifs is 3. The summed E-state index contributed by atoms with van der Waals surface area (Å²) in [6.45, 7) is 0. The van der Waals surface area contributed by atoms with Crippen molar-refractivity contribution in [1.29, 1.82) is 0 Å². The first-order chi connectivity index (χ1) is 16.1. The van der Waals surface area contributed by atoms with Gasteiger partial charge in [-0.15, -0.1) is 0 Å². The molecule has 2 heterocycles. The van der Waals surface area contributed by atoms with Crippen molar-refractivity contribution in [3.05, 3.63) is 86.4 Å². The molecular formula is C23H13Cl3F3N3O2. The van der Waals surface area contributed by atoms with Gasteiger partial charge in [0.15, 0.2) is 5.69 Å². The standard InChI is InChI=1S/C23H13Cl3F3N3O2/c24-15-9-17(26)18(10-16(15)25)30-22(33)11-1-3-12(4-2-11)32-20-13-7-8-34-19(13)6-5-14(20)21(31-32)23(27,28)29/h1-4,7-10H,5-6H2,(H,30,33). The van der Waals surface area contributed by atoms with Crippen LogP contribution >= 0.6 is 34.8 Å². The fraction of sp³-hybridized carbons (Fsp3) is 0.130. The van der Waals surface area contributed by atoms with Crippen LogP contribution in [0.4, 0.5) is 18.9 Å². The van der Waals surface area contributed by atoms with E-state index in [0.717, 1.165) is 0 Å². The lowest BCUT2D eigenvalue weighted by molar-refractivity contribution is -0.142. The lowest BCUT2D eigenvalue weighted by Gasteiger charge is -2.15. The number of aryl methyl sites for hydroxylation is 1. The number of benzene rings is 2. The quantitative estimate of drug-likeness (QED) is 0.282. The molecule has 34 heavy (non-hydrogen) atoms. The van der Waals surface area contributed by atoms with Crippen LogP contribution < -0.4 is 5.32 Å². The third-order valence-corrected chi connectivity index (χ3v) is 6.52. The molecule has 0 saturated heterocycles. The van der Waals surface area contributed by atoms with Gasteiger partial charge in [0.1, 0.15) is 5.76 Å². The Bertz CT molecular complexity index is 1430. The number of nitrogens with one attached hydrogen (secondary N) is 1. The van der Waals surface area contributed by atoms with Gasteiger partial charge in [-0.05, 0) is 48.9 Å². The van der Waals surface area contributed by atoms with Crippen molar-refractivity contribution in [3.63, 3.8) is 0 Å².